The second-order valence-corrected chi connectivity index (χ2v) is 2.63. The third-order valence-electron chi connectivity index (χ3n) is 1.80. The van der Waals surface area contributed by atoms with E-state index < -0.39 is 0 Å². The lowest BCUT2D eigenvalue weighted by atomic mass is 10.1. The summed E-state index contributed by atoms with van der Waals surface area (Å²) < 4.78 is 0. The van der Waals surface area contributed by atoms with Crippen molar-refractivity contribution in [1.82, 2.24) is 4.98 Å². The number of nitrogens with zero attached hydrogens (tertiary/aromatic N) is 1. The van der Waals surface area contributed by atoms with Gasteiger partial charge in [-0.25, -0.2) is 4.98 Å². The zero-order valence-electron chi connectivity index (χ0n) is 7.12. The van der Waals surface area contributed by atoms with E-state index >= 15 is 0 Å². The van der Waals surface area contributed by atoms with Crippen molar-refractivity contribution < 1.29 is 0 Å². The van der Waals surface area contributed by atoms with Crippen LogP contribution in [0.4, 0.5) is 0 Å². The normalized spacial score (nSPS) is 12.1. The minimum Gasteiger partial charge on any atom is -0.324 e. The molecular weight excluding hydrogens is 148 g/mol. The number of pyridine rings is 1. The quantitative estimate of drug-likeness (QED) is 0.665. The number of hydrogen-bond donors (Lipinski definition) is 1. The fourth-order valence-corrected chi connectivity index (χ4v) is 0.992. The van der Waals surface area contributed by atoms with Crippen LogP contribution in [0.25, 0.3) is 0 Å². The number of rotatable bonds is 2. The van der Waals surface area contributed by atoms with Crippen LogP contribution in [0.15, 0.2) is 18.3 Å². The second kappa shape index (κ2) is 3.89. The van der Waals surface area contributed by atoms with Gasteiger partial charge in [0.05, 0.1) is 0 Å². The summed E-state index contributed by atoms with van der Waals surface area (Å²) in [5, 5.41) is 0. The summed E-state index contributed by atoms with van der Waals surface area (Å²) in [4.78, 5) is 3.98. The zero-order chi connectivity index (χ0) is 8.97. The molecule has 12 heavy (non-hydrogen) atoms. The van der Waals surface area contributed by atoms with Crippen LogP contribution in [0, 0.1) is 12.3 Å². The Bertz CT molecular complexity index is 299. The number of nitrogens with two attached hydrogens (primary N) is 1. The average Bonchev–Trinajstić information content (AvgIpc) is 2.17. The fourth-order valence-electron chi connectivity index (χ4n) is 0.992. The van der Waals surface area contributed by atoms with Gasteiger partial charge in [-0.05, 0) is 24.1 Å². The van der Waals surface area contributed by atoms with E-state index in [1.807, 2.05) is 19.1 Å². The first-order chi connectivity index (χ1) is 5.77. The molecule has 0 aliphatic rings. The van der Waals surface area contributed by atoms with E-state index in [1.54, 1.807) is 6.20 Å². The van der Waals surface area contributed by atoms with Crippen molar-refractivity contribution in [1.29, 1.82) is 0 Å². The lowest BCUT2D eigenvalue weighted by Crippen LogP contribution is -2.08. The van der Waals surface area contributed by atoms with Gasteiger partial charge in [0.15, 0.2) is 0 Å². The molecule has 0 aliphatic carbocycles. The Labute approximate surface area is 72.8 Å². The Morgan fingerprint density at radius 3 is 3.08 bits per heavy atom. The Morgan fingerprint density at radius 1 is 1.75 bits per heavy atom. The lowest BCUT2D eigenvalue weighted by Gasteiger charge is -2.07. The highest BCUT2D eigenvalue weighted by atomic mass is 14.7. The molecule has 0 aliphatic heterocycles. The molecule has 1 rings (SSSR count). The molecule has 1 heterocycles. The van der Waals surface area contributed by atoms with Gasteiger partial charge in [0.2, 0.25) is 0 Å². The summed E-state index contributed by atoms with van der Waals surface area (Å²) in [6.45, 7) is 2.04. The summed E-state index contributed by atoms with van der Waals surface area (Å²) in [7, 11) is 0. The lowest BCUT2D eigenvalue weighted by molar-refractivity contribution is 0.697. The summed E-state index contributed by atoms with van der Waals surface area (Å²) >= 11 is 0. The summed E-state index contributed by atoms with van der Waals surface area (Å²) in [6.07, 6.45) is 7.81. The maximum absolute atomic E-state index is 5.82. The number of hydrogen-bond acceptors (Lipinski definition) is 2. The fraction of sp³-hybridized carbons (Fsp3) is 0.300. The van der Waals surface area contributed by atoms with Crippen LogP contribution in [0.1, 0.15) is 30.6 Å². The minimum absolute atomic E-state index is 0.0695. The van der Waals surface area contributed by atoms with Gasteiger partial charge in [0.25, 0.3) is 0 Å². The van der Waals surface area contributed by atoms with Gasteiger partial charge < -0.3 is 5.73 Å². The van der Waals surface area contributed by atoms with E-state index in [-0.39, 0.29) is 6.04 Å². The molecule has 0 unspecified atom stereocenters. The van der Waals surface area contributed by atoms with Crippen LogP contribution in [0.5, 0.6) is 0 Å². The third-order valence-corrected chi connectivity index (χ3v) is 1.80. The van der Waals surface area contributed by atoms with E-state index in [1.165, 1.54) is 0 Å². The summed E-state index contributed by atoms with van der Waals surface area (Å²) in [5.41, 5.74) is 7.53. The highest BCUT2D eigenvalue weighted by Crippen LogP contribution is 2.12. The van der Waals surface area contributed by atoms with Crippen molar-refractivity contribution >= 4 is 0 Å². The molecule has 0 spiro atoms. The SMILES string of the molecule is C#Cc1cc([C@H](N)CC)ccn1. The Balaban J connectivity index is 2.95. The Hall–Kier alpha value is -1.33. The molecule has 0 bridgehead atoms. The molecule has 0 amide bonds. The molecular formula is C10H12N2. The molecule has 0 saturated carbocycles. The summed E-state index contributed by atoms with van der Waals surface area (Å²) in [5.74, 6) is 2.48. The van der Waals surface area contributed by atoms with Crippen LogP contribution >= 0.6 is 0 Å². The van der Waals surface area contributed by atoms with E-state index in [2.05, 4.69) is 10.9 Å². The second-order valence-electron chi connectivity index (χ2n) is 2.63. The van der Waals surface area contributed by atoms with E-state index in [4.69, 9.17) is 12.2 Å². The largest absolute Gasteiger partial charge is 0.324 e. The monoisotopic (exact) mass is 160 g/mol. The maximum Gasteiger partial charge on any atom is 0.113 e. The van der Waals surface area contributed by atoms with Gasteiger partial charge in [0.1, 0.15) is 5.69 Å². The first-order valence-electron chi connectivity index (χ1n) is 3.96. The average molecular weight is 160 g/mol. The standard InChI is InChI=1S/C10H12N2/c1-3-9-7-8(5-6-12-9)10(11)4-2/h1,5-7,10H,4,11H2,2H3/t10-/m1/s1. The van der Waals surface area contributed by atoms with Crippen molar-refractivity contribution in [3.8, 4) is 12.3 Å². The number of terminal acetylenes is 1. The molecule has 1 aromatic heterocycles. The van der Waals surface area contributed by atoms with Crippen molar-refractivity contribution in [3.63, 3.8) is 0 Å². The van der Waals surface area contributed by atoms with Gasteiger partial charge in [-0.15, -0.1) is 6.42 Å². The van der Waals surface area contributed by atoms with Crippen molar-refractivity contribution in [2.45, 2.75) is 19.4 Å². The zero-order valence-corrected chi connectivity index (χ0v) is 7.12. The van der Waals surface area contributed by atoms with Gasteiger partial charge in [-0.1, -0.05) is 12.8 Å². The van der Waals surface area contributed by atoms with Crippen molar-refractivity contribution in [3.05, 3.63) is 29.6 Å². The third kappa shape index (κ3) is 1.84. The van der Waals surface area contributed by atoms with Crippen molar-refractivity contribution in [2.75, 3.05) is 0 Å². The predicted octanol–water partition coefficient (Wildman–Crippen LogP) is 1.47. The molecule has 0 radical (unpaired) electrons. The minimum atomic E-state index is 0.0695. The molecule has 1 aromatic rings. The van der Waals surface area contributed by atoms with Crippen molar-refractivity contribution in [2.24, 2.45) is 5.73 Å². The van der Waals surface area contributed by atoms with E-state index in [0.29, 0.717) is 5.69 Å². The molecule has 2 N–H and O–H groups in total. The Kier molecular flexibility index (Phi) is 2.84. The van der Waals surface area contributed by atoms with Crippen LogP contribution in [-0.4, -0.2) is 4.98 Å². The van der Waals surface area contributed by atoms with Crippen LogP contribution in [0.3, 0.4) is 0 Å². The molecule has 0 fully saturated rings. The first-order valence-corrected chi connectivity index (χ1v) is 3.96. The van der Waals surface area contributed by atoms with Crippen LogP contribution in [-0.2, 0) is 0 Å². The molecule has 1 atom stereocenters. The van der Waals surface area contributed by atoms with Gasteiger partial charge >= 0.3 is 0 Å². The molecule has 0 aromatic carbocycles. The summed E-state index contributed by atoms with van der Waals surface area (Å²) in [6, 6.07) is 3.82. The van der Waals surface area contributed by atoms with Crippen LogP contribution in [0.2, 0.25) is 0 Å². The molecule has 2 heteroatoms. The first kappa shape index (κ1) is 8.76. The maximum atomic E-state index is 5.82. The van der Waals surface area contributed by atoms with E-state index in [0.717, 1.165) is 12.0 Å². The van der Waals surface area contributed by atoms with Crippen LogP contribution < -0.4 is 5.73 Å². The highest BCUT2D eigenvalue weighted by molar-refractivity contribution is 5.29. The Morgan fingerprint density at radius 2 is 2.50 bits per heavy atom. The van der Waals surface area contributed by atoms with E-state index in [9.17, 15) is 0 Å². The smallest absolute Gasteiger partial charge is 0.113 e. The van der Waals surface area contributed by atoms with Gasteiger partial charge in [0, 0.05) is 12.2 Å². The molecule has 2 nitrogen and oxygen atoms in total. The topological polar surface area (TPSA) is 38.9 Å². The van der Waals surface area contributed by atoms with Gasteiger partial charge in [-0.2, -0.15) is 0 Å². The molecule has 62 valence electrons. The highest BCUT2D eigenvalue weighted by Gasteiger charge is 2.02. The number of aromatic nitrogens is 1. The predicted molar refractivity (Wildman–Crippen MR) is 49.4 cm³/mol. The molecule has 0 saturated heterocycles. The van der Waals surface area contributed by atoms with Gasteiger partial charge in [-0.3, -0.25) is 0 Å².